The molecule has 0 spiro atoms. The second-order valence-electron chi connectivity index (χ2n) is 4.33. The van der Waals surface area contributed by atoms with Crippen molar-refractivity contribution in [2.75, 3.05) is 0 Å². The Morgan fingerprint density at radius 2 is 1.92 bits per heavy atom. The summed E-state index contributed by atoms with van der Waals surface area (Å²) < 4.78 is 0. The van der Waals surface area contributed by atoms with Crippen LogP contribution in [0.2, 0.25) is 0 Å². The number of hydrogen-bond donors (Lipinski definition) is 1. The van der Waals surface area contributed by atoms with E-state index in [0.717, 1.165) is 12.0 Å². The van der Waals surface area contributed by atoms with Crippen LogP contribution in [0.3, 0.4) is 0 Å². The van der Waals surface area contributed by atoms with Crippen LogP contribution in [0, 0.1) is 12.3 Å². The van der Waals surface area contributed by atoms with E-state index in [-0.39, 0.29) is 0 Å². The van der Waals surface area contributed by atoms with E-state index < -0.39 is 0 Å². The molecule has 2 aliphatic rings. The third-order valence-corrected chi connectivity index (χ3v) is 3.59. The molecule has 1 radical (unpaired) electrons. The van der Waals surface area contributed by atoms with Crippen LogP contribution in [0.25, 0.3) is 0 Å². The van der Waals surface area contributed by atoms with Gasteiger partial charge in [0, 0.05) is 12.1 Å². The largest absolute Gasteiger partial charge is 0.311 e. The molecule has 1 nitrogen and oxygen atoms in total. The summed E-state index contributed by atoms with van der Waals surface area (Å²) in [5.41, 5.74) is 0. The fraction of sp³-hybridized carbons (Fsp3) is 0.909. The van der Waals surface area contributed by atoms with Crippen LogP contribution in [-0.2, 0) is 0 Å². The topological polar surface area (TPSA) is 12.0 Å². The third kappa shape index (κ3) is 1.66. The zero-order valence-electron chi connectivity index (χ0n) is 8.05. The lowest BCUT2D eigenvalue weighted by molar-refractivity contribution is 0.186. The van der Waals surface area contributed by atoms with Gasteiger partial charge in [-0.05, 0) is 38.0 Å². The van der Waals surface area contributed by atoms with Crippen molar-refractivity contribution in [3.05, 3.63) is 6.42 Å². The summed E-state index contributed by atoms with van der Waals surface area (Å²) in [6, 6.07) is 1.57. The van der Waals surface area contributed by atoms with Crippen LogP contribution < -0.4 is 5.32 Å². The highest BCUT2D eigenvalue weighted by Gasteiger charge is 2.30. The normalized spacial score (nSPS) is 42.2. The maximum Gasteiger partial charge on any atom is 0.00986 e. The van der Waals surface area contributed by atoms with Gasteiger partial charge in [0.05, 0.1) is 0 Å². The van der Waals surface area contributed by atoms with Gasteiger partial charge in [0.1, 0.15) is 0 Å². The van der Waals surface area contributed by atoms with E-state index in [1.54, 1.807) is 0 Å². The Labute approximate surface area is 75.9 Å². The van der Waals surface area contributed by atoms with Gasteiger partial charge in [0.25, 0.3) is 0 Å². The Kier molecular flexibility index (Phi) is 2.69. The van der Waals surface area contributed by atoms with Crippen molar-refractivity contribution in [1.82, 2.24) is 5.32 Å². The molecule has 12 heavy (non-hydrogen) atoms. The fourth-order valence-electron chi connectivity index (χ4n) is 2.79. The molecule has 0 aromatic carbocycles. The number of piperidine rings is 1. The third-order valence-electron chi connectivity index (χ3n) is 3.59. The highest BCUT2D eigenvalue weighted by Crippen LogP contribution is 2.32. The van der Waals surface area contributed by atoms with Crippen molar-refractivity contribution < 1.29 is 0 Å². The Morgan fingerprint density at radius 3 is 2.75 bits per heavy atom. The predicted molar refractivity (Wildman–Crippen MR) is 51.9 cm³/mol. The number of rotatable bonds is 1. The van der Waals surface area contributed by atoms with Gasteiger partial charge in [-0.1, -0.05) is 19.8 Å². The summed E-state index contributed by atoms with van der Waals surface area (Å²) >= 11 is 0. The van der Waals surface area contributed by atoms with Crippen molar-refractivity contribution >= 4 is 0 Å². The summed E-state index contributed by atoms with van der Waals surface area (Å²) in [5, 5.41) is 3.75. The van der Waals surface area contributed by atoms with Crippen LogP contribution in [0.1, 0.15) is 45.4 Å². The minimum absolute atomic E-state index is 0.712. The van der Waals surface area contributed by atoms with Gasteiger partial charge < -0.3 is 5.32 Å². The molecule has 1 aliphatic heterocycles. The Balaban J connectivity index is 1.90. The summed E-state index contributed by atoms with van der Waals surface area (Å²) in [7, 11) is 0. The van der Waals surface area contributed by atoms with E-state index in [1.807, 2.05) is 0 Å². The maximum absolute atomic E-state index is 3.75. The first-order chi connectivity index (χ1) is 5.90. The first kappa shape index (κ1) is 8.55. The van der Waals surface area contributed by atoms with E-state index >= 15 is 0 Å². The molecule has 0 bridgehead atoms. The van der Waals surface area contributed by atoms with Gasteiger partial charge in [-0.2, -0.15) is 0 Å². The van der Waals surface area contributed by atoms with E-state index in [4.69, 9.17) is 0 Å². The van der Waals surface area contributed by atoms with Gasteiger partial charge in [-0.25, -0.2) is 0 Å². The molecule has 1 heterocycles. The molecule has 1 saturated heterocycles. The zero-order chi connectivity index (χ0) is 8.39. The van der Waals surface area contributed by atoms with Gasteiger partial charge in [0.2, 0.25) is 0 Å². The van der Waals surface area contributed by atoms with Crippen LogP contribution in [0.5, 0.6) is 0 Å². The van der Waals surface area contributed by atoms with Gasteiger partial charge in [-0.15, -0.1) is 0 Å². The Hall–Kier alpha value is -0.0400. The van der Waals surface area contributed by atoms with Crippen LogP contribution >= 0.6 is 0 Å². The smallest absolute Gasteiger partial charge is 0.00986 e. The first-order valence-electron chi connectivity index (χ1n) is 5.45. The lowest BCUT2D eigenvalue weighted by Crippen LogP contribution is -2.48. The number of fused-ring (bicyclic) bond motifs is 1. The highest BCUT2D eigenvalue weighted by molar-refractivity contribution is 4.93. The lowest BCUT2D eigenvalue weighted by Gasteiger charge is -2.40. The molecule has 3 unspecified atom stereocenters. The molecule has 1 heteroatoms. The summed E-state index contributed by atoms with van der Waals surface area (Å²) in [5.74, 6) is 1.01. The molecule has 3 atom stereocenters. The second kappa shape index (κ2) is 3.78. The molecule has 2 rings (SSSR count). The molecule has 1 aliphatic carbocycles. The van der Waals surface area contributed by atoms with E-state index in [9.17, 15) is 0 Å². The zero-order valence-corrected chi connectivity index (χ0v) is 8.05. The fourth-order valence-corrected chi connectivity index (χ4v) is 2.79. The standard InChI is InChI=1S/C11H20N/c1-2-10-8-7-9-5-3-4-6-11(9)12-10/h2,9-12H,3-8H2,1H3. The van der Waals surface area contributed by atoms with Crippen LogP contribution in [0.4, 0.5) is 0 Å². The molecule has 69 valence electrons. The van der Waals surface area contributed by atoms with Gasteiger partial charge >= 0.3 is 0 Å². The van der Waals surface area contributed by atoms with Crippen molar-refractivity contribution in [1.29, 1.82) is 0 Å². The number of hydrogen-bond acceptors (Lipinski definition) is 1. The highest BCUT2D eigenvalue weighted by atomic mass is 15.0. The molecule has 0 aromatic heterocycles. The molecule has 0 amide bonds. The molecule has 1 saturated carbocycles. The maximum atomic E-state index is 3.75. The Bertz CT molecular complexity index is 144. The first-order valence-corrected chi connectivity index (χ1v) is 5.45. The van der Waals surface area contributed by atoms with Gasteiger partial charge in [-0.3, -0.25) is 0 Å². The van der Waals surface area contributed by atoms with Crippen molar-refractivity contribution in [3.63, 3.8) is 0 Å². The molecule has 0 aromatic rings. The second-order valence-corrected chi connectivity index (χ2v) is 4.33. The summed E-state index contributed by atoms with van der Waals surface area (Å²) in [6.45, 7) is 2.18. The Morgan fingerprint density at radius 1 is 1.08 bits per heavy atom. The molecule has 1 N–H and O–H groups in total. The van der Waals surface area contributed by atoms with Crippen LogP contribution in [-0.4, -0.2) is 12.1 Å². The quantitative estimate of drug-likeness (QED) is 0.631. The van der Waals surface area contributed by atoms with Crippen molar-refractivity contribution in [3.8, 4) is 0 Å². The van der Waals surface area contributed by atoms with Crippen molar-refractivity contribution in [2.45, 2.75) is 57.5 Å². The number of nitrogens with one attached hydrogen (secondary N) is 1. The summed E-state index contributed by atoms with van der Waals surface area (Å²) in [4.78, 5) is 0. The van der Waals surface area contributed by atoms with E-state index in [0.29, 0.717) is 6.04 Å². The molecular formula is C11H20N. The predicted octanol–water partition coefficient (Wildman–Crippen LogP) is 2.52. The SMILES string of the molecule is C[CH]C1CCC2CCCCC2N1. The van der Waals surface area contributed by atoms with Crippen molar-refractivity contribution in [2.24, 2.45) is 5.92 Å². The molecular weight excluding hydrogens is 146 g/mol. The molecule has 2 fully saturated rings. The monoisotopic (exact) mass is 166 g/mol. The van der Waals surface area contributed by atoms with E-state index in [1.165, 1.54) is 38.5 Å². The average Bonchev–Trinajstić information content (AvgIpc) is 2.17. The summed E-state index contributed by atoms with van der Waals surface area (Å²) in [6.07, 6.45) is 11.0. The van der Waals surface area contributed by atoms with Gasteiger partial charge in [0.15, 0.2) is 0 Å². The minimum atomic E-state index is 0.712. The van der Waals surface area contributed by atoms with E-state index in [2.05, 4.69) is 18.7 Å². The minimum Gasteiger partial charge on any atom is -0.311 e. The lowest BCUT2D eigenvalue weighted by atomic mass is 9.77. The average molecular weight is 166 g/mol. The van der Waals surface area contributed by atoms with Crippen LogP contribution in [0.15, 0.2) is 0 Å².